The molecule has 2 rings (SSSR count). The molecule has 0 aliphatic heterocycles. The molecule has 0 bridgehead atoms. The Morgan fingerprint density at radius 2 is 1.93 bits per heavy atom. The fourth-order valence-electron chi connectivity index (χ4n) is 1.67. The highest BCUT2D eigenvalue weighted by molar-refractivity contribution is 5.93. The first-order valence-electron chi connectivity index (χ1n) is 4.56. The Morgan fingerprint density at radius 3 is 2.57 bits per heavy atom. The predicted octanol–water partition coefficient (Wildman–Crippen LogP) is 2.31. The van der Waals surface area contributed by atoms with Crippen molar-refractivity contribution in [3.8, 4) is 0 Å². The number of carbonyl (C=O) groups excluding carboxylic acids is 1. The van der Waals surface area contributed by atoms with E-state index in [0.717, 1.165) is 22.0 Å². The molecule has 0 radical (unpaired) electrons. The van der Waals surface area contributed by atoms with Gasteiger partial charge in [0.2, 0.25) is 5.91 Å². The molecule has 0 spiro atoms. The standard InChI is InChI=1S/C11H12N2O/c1-7-4-5-8(2)11-10(7)6-12-13(11)9(3)14/h4-6H,1-3H3. The molecule has 1 heterocycles. The number of rotatable bonds is 0. The van der Waals surface area contributed by atoms with Crippen molar-refractivity contribution in [3.63, 3.8) is 0 Å². The number of aryl methyl sites for hydroxylation is 2. The lowest BCUT2D eigenvalue weighted by atomic mass is 10.1. The van der Waals surface area contributed by atoms with Crippen LogP contribution >= 0.6 is 0 Å². The molecule has 1 aromatic heterocycles. The van der Waals surface area contributed by atoms with Crippen LogP contribution in [-0.2, 0) is 0 Å². The SMILES string of the molecule is CC(=O)n1ncc2c(C)ccc(C)c21. The van der Waals surface area contributed by atoms with Crippen molar-refractivity contribution in [2.45, 2.75) is 20.8 Å². The maximum absolute atomic E-state index is 11.3. The monoisotopic (exact) mass is 188 g/mol. The van der Waals surface area contributed by atoms with Crippen molar-refractivity contribution in [2.75, 3.05) is 0 Å². The summed E-state index contributed by atoms with van der Waals surface area (Å²) in [4.78, 5) is 11.3. The molecule has 0 aliphatic carbocycles. The molecule has 72 valence electrons. The Bertz CT molecular complexity index is 511. The Balaban J connectivity index is 2.90. The lowest BCUT2D eigenvalue weighted by Crippen LogP contribution is -2.07. The molecule has 14 heavy (non-hydrogen) atoms. The third kappa shape index (κ3) is 1.13. The number of aromatic nitrogens is 2. The van der Waals surface area contributed by atoms with Gasteiger partial charge < -0.3 is 0 Å². The maximum Gasteiger partial charge on any atom is 0.244 e. The Morgan fingerprint density at radius 1 is 1.29 bits per heavy atom. The molecule has 0 N–H and O–H groups in total. The number of benzene rings is 1. The largest absolute Gasteiger partial charge is 0.273 e. The van der Waals surface area contributed by atoms with Gasteiger partial charge in [0.15, 0.2) is 0 Å². The molecule has 0 saturated carbocycles. The van der Waals surface area contributed by atoms with Crippen LogP contribution in [0.5, 0.6) is 0 Å². The first kappa shape index (κ1) is 8.94. The van der Waals surface area contributed by atoms with Crippen LogP contribution in [0.25, 0.3) is 10.9 Å². The van der Waals surface area contributed by atoms with Crippen molar-refractivity contribution < 1.29 is 4.79 Å². The summed E-state index contributed by atoms with van der Waals surface area (Å²) in [6.45, 7) is 5.53. The number of hydrogen-bond acceptors (Lipinski definition) is 2. The average Bonchev–Trinajstić information content (AvgIpc) is 2.56. The molecule has 0 saturated heterocycles. The minimum Gasteiger partial charge on any atom is -0.273 e. The summed E-state index contributed by atoms with van der Waals surface area (Å²) in [5, 5.41) is 5.14. The molecular formula is C11H12N2O. The van der Waals surface area contributed by atoms with Crippen molar-refractivity contribution in [1.82, 2.24) is 9.78 Å². The number of fused-ring (bicyclic) bond motifs is 1. The molecule has 0 amide bonds. The second-order valence-corrected chi connectivity index (χ2v) is 3.54. The van der Waals surface area contributed by atoms with Crippen molar-refractivity contribution in [1.29, 1.82) is 0 Å². The second-order valence-electron chi connectivity index (χ2n) is 3.54. The zero-order valence-corrected chi connectivity index (χ0v) is 8.53. The van der Waals surface area contributed by atoms with E-state index in [4.69, 9.17) is 0 Å². The van der Waals surface area contributed by atoms with E-state index in [1.165, 1.54) is 11.6 Å². The van der Waals surface area contributed by atoms with Crippen LogP contribution in [-0.4, -0.2) is 15.7 Å². The Kier molecular flexibility index (Phi) is 1.88. The molecule has 2 aromatic rings. The van der Waals surface area contributed by atoms with E-state index in [-0.39, 0.29) is 5.91 Å². The van der Waals surface area contributed by atoms with Gasteiger partial charge in [-0.2, -0.15) is 5.10 Å². The lowest BCUT2D eigenvalue weighted by molar-refractivity contribution is 0.0926. The van der Waals surface area contributed by atoms with Crippen LogP contribution in [0.3, 0.4) is 0 Å². The molecule has 3 heteroatoms. The van der Waals surface area contributed by atoms with Gasteiger partial charge in [-0.1, -0.05) is 12.1 Å². The molecule has 1 aromatic carbocycles. The van der Waals surface area contributed by atoms with Gasteiger partial charge in [-0.25, -0.2) is 4.68 Å². The van der Waals surface area contributed by atoms with E-state index in [1.807, 2.05) is 26.0 Å². The second kappa shape index (κ2) is 2.94. The van der Waals surface area contributed by atoms with E-state index in [9.17, 15) is 4.79 Å². The Labute approximate surface area is 82.3 Å². The number of nitrogens with zero attached hydrogens (tertiary/aromatic N) is 2. The zero-order chi connectivity index (χ0) is 10.3. The van der Waals surface area contributed by atoms with Gasteiger partial charge in [-0.15, -0.1) is 0 Å². The quantitative estimate of drug-likeness (QED) is 0.636. The van der Waals surface area contributed by atoms with Crippen LogP contribution in [0.2, 0.25) is 0 Å². The molecule has 0 aliphatic rings. The molecule has 0 fully saturated rings. The summed E-state index contributed by atoms with van der Waals surface area (Å²) >= 11 is 0. The van der Waals surface area contributed by atoms with Gasteiger partial charge in [-0.05, 0) is 25.0 Å². The van der Waals surface area contributed by atoms with E-state index >= 15 is 0 Å². The molecule has 3 nitrogen and oxygen atoms in total. The van der Waals surface area contributed by atoms with E-state index in [0.29, 0.717) is 0 Å². The van der Waals surface area contributed by atoms with Crippen LogP contribution in [0, 0.1) is 13.8 Å². The summed E-state index contributed by atoms with van der Waals surface area (Å²) in [5.41, 5.74) is 3.16. The summed E-state index contributed by atoms with van der Waals surface area (Å²) < 4.78 is 1.46. The predicted molar refractivity (Wildman–Crippen MR) is 55.5 cm³/mol. The van der Waals surface area contributed by atoms with Crippen molar-refractivity contribution in [2.24, 2.45) is 0 Å². The molecular weight excluding hydrogens is 176 g/mol. The fourth-order valence-corrected chi connectivity index (χ4v) is 1.67. The number of carbonyl (C=O) groups is 1. The zero-order valence-electron chi connectivity index (χ0n) is 8.53. The topological polar surface area (TPSA) is 34.9 Å². The average molecular weight is 188 g/mol. The normalized spacial score (nSPS) is 10.8. The minimum atomic E-state index is -0.0475. The highest BCUT2D eigenvalue weighted by atomic mass is 16.2. The van der Waals surface area contributed by atoms with Gasteiger partial charge in [0, 0.05) is 12.3 Å². The summed E-state index contributed by atoms with van der Waals surface area (Å²) in [5.74, 6) is -0.0475. The van der Waals surface area contributed by atoms with Crippen LogP contribution in [0.15, 0.2) is 18.3 Å². The first-order valence-corrected chi connectivity index (χ1v) is 4.56. The maximum atomic E-state index is 11.3. The van der Waals surface area contributed by atoms with E-state index in [2.05, 4.69) is 5.10 Å². The van der Waals surface area contributed by atoms with E-state index < -0.39 is 0 Å². The van der Waals surface area contributed by atoms with Crippen LogP contribution in [0.1, 0.15) is 22.8 Å². The summed E-state index contributed by atoms with van der Waals surface area (Å²) in [6.07, 6.45) is 1.75. The highest BCUT2D eigenvalue weighted by Crippen LogP contribution is 2.21. The first-order chi connectivity index (χ1) is 6.61. The van der Waals surface area contributed by atoms with Crippen molar-refractivity contribution >= 4 is 16.8 Å². The molecule has 0 atom stereocenters. The van der Waals surface area contributed by atoms with Gasteiger partial charge in [-0.3, -0.25) is 4.79 Å². The van der Waals surface area contributed by atoms with Crippen LogP contribution in [0.4, 0.5) is 0 Å². The van der Waals surface area contributed by atoms with Gasteiger partial charge in [0.25, 0.3) is 0 Å². The fraction of sp³-hybridized carbons (Fsp3) is 0.273. The Hall–Kier alpha value is -1.64. The van der Waals surface area contributed by atoms with Crippen molar-refractivity contribution in [3.05, 3.63) is 29.5 Å². The van der Waals surface area contributed by atoms with Crippen LogP contribution < -0.4 is 0 Å². The lowest BCUT2D eigenvalue weighted by Gasteiger charge is -2.02. The van der Waals surface area contributed by atoms with Gasteiger partial charge in [0.1, 0.15) is 0 Å². The van der Waals surface area contributed by atoms with Gasteiger partial charge in [0.05, 0.1) is 11.7 Å². The number of hydrogen-bond donors (Lipinski definition) is 0. The summed E-state index contributed by atoms with van der Waals surface area (Å²) in [7, 11) is 0. The third-order valence-electron chi connectivity index (χ3n) is 2.45. The molecule has 0 unspecified atom stereocenters. The van der Waals surface area contributed by atoms with Gasteiger partial charge >= 0.3 is 0 Å². The third-order valence-corrected chi connectivity index (χ3v) is 2.45. The highest BCUT2D eigenvalue weighted by Gasteiger charge is 2.09. The smallest absolute Gasteiger partial charge is 0.244 e. The minimum absolute atomic E-state index is 0.0475. The van der Waals surface area contributed by atoms with E-state index in [1.54, 1.807) is 6.20 Å². The summed E-state index contributed by atoms with van der Waals surface area (Å²) in [6, 6.07) is 4.06.